The minimum absolute atomic E-state index is 0. The van der Waals surface area contributed by atoms with Gasteiger partial charge in [0.2, 0.25) is 0 Å². The van der Waals surface area contributed by atoms with E-state index in [1.165, 1.54) is 18.7 Å². The van der Waals surface area contributed by atoms with Crippen molar-refractivity contribution in [2.24, 2.45) is 25.7 Å². The quantitative estimate of drug-likeness (QED) is 0.763. The second-order valence-corrected chi connectivity index (χ2v) is 6.96. The normalized spacial score (nSPS) is 12.9. The maximum Gasteiger partial charge on any atom is 0.332 e. The lowest BCUT2D eigenvalue weighted by Crippen LogP contribution is -2.55. The Morgan fingerprint density at radius 1 is 1.26 bits per heavy atom. The average molecular weight is 420 g/mol. The standard InChI is InChI=1S/C17H25N5O3.2ClH/c1-9(2)17(4,8-18)20-14(23)11-7-10(3)12-13(19-11)21(5)16(25)22(6)15(12)24;;/h7,9H,8,18H2,1-6H3,(H,20,23);2*1H. The van der Waals surface area contributed by atoms with Gasteiger partial charge < -0.3 is 11.1 Å². The maximum atomic E-state index is 12.7. The Morgan fingerprint density at radius 3 is 2.30 bits per heavy atom. The number of carbonyl (C=O) groups excluding carboxylic acids is 1. The van der Waals surface area contributed by atoms with Crippen molar-refractivity contribution >= 4 is 41.8 Å². The molecule has 0 fully saturated rings. The molecular weight excluding hydrogens is 393 g/mol. The molecular formula is C17H27Cl2N5O3. The van der Waals surface area contributed by atoms with Crippen LogP contribution in [0, 0.1) is 12.8 Å². The van der Waals surface area contributed by atoms with E-state index in [2.05, 4.69) is 10.3 Å². The predicted molar refractivity (Wildman–Crippen MR) is 111 cm³/mol. The molecule has 0 saturated heterocycles. The fraction of sp³-hybridized carbons (Fsp3) is 0.529. The van der Waals surface area contributed by atoms with Gasteiger partial charge in [-0.1, -0.05) is 13.8 Å². The number of nitrogens with zero attached hydrogens (tertiary/aromatic N) is 3. The minimum atomic E-state index is -0.583. The van der Waals surface area contributed by atoms with Crippen LogP contribution in [0.1, 0.15) is 36.8 Å². The van der Waals surface area contributed by atoms with E-state index < -0.39 is 16.8 Å². The fourth-order valence-corrected chi connectivity index (χ4v) is 2.60. The lowest BCUT2D eigenvalue weighted by Gasteiger charge is -2.33. The van der Waals surface area contributed by atoms with Crippen molar-refractivity contribution in [3.05, 3.63) is 38.2 Å². The second kappa shape index (κ2) is 8.86. The van der Waals surface area contributed by atoms with E-state index in [0.29, 0.717) is 10.9 Å². The van der Waals surface area contributed by atoms with Gasteiger partial charge in [0.05, 0.1) is 10.9 Å². The van der Waals surface area contributed by atoms with E-state index in [0.717, 1.165) is 4.57 Å². The van der Waals surface area contributed by atoms with Crippen LogP contribution < -0.4 is 22.3 Å². The van der Waals surface area contributed by atoms with E-state index in [-0.39, 0.29) is 54.5 Å². The van der Waals surface area contributed by atoms with Crippen molar-refractivity contribution in [3.63, 3.8) is 0 Å². The molecule has 0 spiro atoms. The molecule has 152 valence electrons. The van der Waals surface area contributed by atoms with Crippen molar-refractivity contribution < 1.29 is 4.79 Å². The molecule has 2 heterocycles. The van der Waals surface area contributed by atoms with Gasteiger partial charge in [-0.3, -0.25) is 18.7 Å². The third-order valence-electron chi connectivity index (χ3n) is 4.94. The summed E-state index contributed by atoms with van der Waals surface area (Å²) >= 11 is 0. The smallest absolute Gasteiger partial charge is 0.332 e. The number of hydrogen-bond donors (Lipinski definition) is 2. The molecule has 27 heavy (non-hydrogen) atoms. The molecule has 2 rings (SSSR count). The van der Waals surface area contributed by atoms with E-state index in [4.69, 9.17) is 5.73 Å². The number of aromatic nitrogens is 3. The second-order valence-electron chi connectivity index (χ2n) is 6.96. The van der Waals surface area contributed by atoms with Gasteiger partial charge in [-0.2, -0.15) is 0 Å². The highest BCUT2D eigenvalue weighted by atomic mass is 35.5. The highest BCUT2D eigenvalue weighted by molar-refractivity contribution is 5.95. The summed E-state index contributed by atoms with van der Waals surface area (Å²) in [5.74, 6) is -0.264. The van der Waals surface area contributed by atoms with Gasteiger partial charge in [0.15, 0.2) is 0 Å². The van der Waals surface area contributed by atoms with Crippen LogP contribution in [0.3, 0.4) is 0 Å². The van der Waals surface area contributed by atoms with E-state index in [1.54, 1.807) is 13.0 Å². The molecule has 0 aliphatic rings. The summed E-state index contributed by atoms with van der Waals surface area (Å²) < 4.78 is 2.30. The molecule has 2 aromatic heterocycles. The fourth-order valence-electron chi connectivity index (χ4n) is 2.60. The molecule has 0 radical (unpaired) electrons. The summed E-state index contributed by atoms with van der Waals surface area (Å²) in [5, 5.41) is 3.24. The molecule has 10 heteroatoms. The van der Waals surface area contributed by atoms with Crippen molar-refractivity contribution in [1.29, 1.82) is 0 Å². The predicted octanol–water partition coefficient (Wildman–Crippen LogP) is 0.887. The van der Waals surface area contributed by atoms with Crippen LogP contribution in [0.2, 0.25) is 0 Å². The average Bonchev–Trinajstić information content (AvgIpc) is 2.56. The topological polar surface area (TPSA) is 112 Å². The molecule has 0 bridgehead atoms. The summed E-state index contributed by atoms with van der Waals surface area (Å²) in [7, 11) is 2.94. The molecule has 1 unspecified atom stereocenters. The SMILES string of the molecule is Cc1cc(C(=O)NC(C)(CN)C(C)C)nc2c1c(=O)n(C)c(=O)n2C.Cl.Cl. The Morgan fingerprint density at radius 2 is 1.81 bits per heavy atom. The van der Waals surface area contributed by atoms with Crippen molar-refractivity contribution in [1.82, 2.24) is 19.4 Å². The van der Waals surface area contributed by atoms with Gasteiger partial charge in [0.25, 0.3) is 11.5 Å². The Bertz CT molecular complexity index is 968. The lowest BCUT2D eigenvalue weighted by atomic mass is 9.88. The van der Waals surface area contributed by atoms with Crippen molar-refractivity contribution in [3.8, 4) is 0 Å². The Hall–Kier alpha value is -1.90. The number of aryl methyl sites for hydroxylation is 2. The largest absolute Gasteiger partial charge is 0.344 e. The monoisotopic (exact) mass is 419 g/mol. The highest BCUT2D eigenvalue weighted by Crippen LogP contribution is 2.17. The number of pyridine rings is 1. The highest BCUT2D eigenvalue weighted by Gasteiger charge is 2.29. The van der Waals surface area contributed by atoms with Crippen molar-refractivity contribution in [2.75, 3.05) is 6.54 Å². The van der Waals surface area contributed by atoms with Crippen LogP contribution in [0.15, 0.2) is 15.7 Å². The number of halogens is 2. The Balaban J connectivity index is 0.00000338. The molecule has 8 nitrogen and oxygen atoms in total. The first-order valence-electron chi connectivity index (χ1n) is 8.13. The molecule has 0 aliphatic heterocycles. The lowest BCUT2D eigenvalue weighted by molar-refractivity contribution is 0.0878. The van der Waals surface area contributed by atoms with Crippen LogP contribution in [0.5, 0.6) is 0 Å². The molecule has 3 N–H and O–H groups in total. The first kappa shape index (κ1) is 25.1. The molecule has 1 amide bonds. The zero-order chi connectivity index (χ0) is 19.1. The number of nitrogens with one attached hydrogen (secondary N) is 1. The number of nitrogens with two attached hydrogens (primary N) is 1. The number of amides is 1. The summed E-state index contributed by atoms with van der Waals surface area (Å²) in [6.07, 6.45) is 0. The third-order valence-corrected chi connectivity index (χ3v) is 4.94. The number of hydrogen-bond acceptors (Lipinski definition) is 5. The first-order chi connectivity index (χ1) is 11.5. The molecule has 0 saturated carbocycles. The number of fused-ring (bicyclic) bond motifs is 1. The van der Waals surface area contributed by atoms with Gasteiger partial charge in [-0.25, -0.2) is 9.78 Å². The summed E-state index contributed by atoms with van der Waals surface area (Å²) in [6.45, 7) is 7.81. The van der Waals surface area contributed by atoms with Crippen LogP contribution in [-0.4, -0.2) is 32.1 Å². The molecule has 0 aliphatic carbocycles. The van der Waals surface area contributed by atoms with Crippen LogP contribution >= 0.6 is 24.8 Å². The van der Waals surface area contributed by atoms with Gasteiger partial charge >= 0.3 is 5.69 Å². The Kier molecular flexibility index (Phi) is 8.24. The van der Waals surface area contributed by atoms with Gasteiger partial charge in [0, 0.05) is 20.6 Å². The maximum absolute atomic E-state index is 12.7. The van der Waals surface area contributed by atoms with Gasteiger partial charge in [0.1, 0.15) is 11.3 Å². The minimum Gasteiger partial charge on any atom is -0.344 e. The van der Waals surface area contributed by atoms with Crippen LogP contribution in [-0.2, 0) is 14.1 Å². The number of carbonyl (C=O) groups is 1. The van der Waals surface area contributed by atoms with E-state index >= 15 is 0 Å². The third kappa shape index (κ3) is 4.34. The van der Waals surface area contributed by atoms with Crippen LogP contribution in [0.4, 0.5) is 0 Å². The molecule has 0 aromatic carbocycles. The summed E-state index contributed by atoms with van der Waals surface area (Å²) in [6, 6.07) is 1.56. The van der Waals surface area contributed by atoms with Gasteiger partial charge in [-0.05, 0) is 31.4 Å². The van der Waals surface area contributed by atoms with Crippen molar-refractivity contribution in [2.45, 2.75) is 33.2 Å². The molecule has 2 aromatic rings. The number of rotatable bonds is 4. The first-order valence-corrected chi connectivity index (χ1v) is 8.13. The van der Waals surface area contributed by atoms with E-state index in [1.807, 2.05) is 20.8 Å². The summed E-state index contributed by atoms with van der Waals surface area (Å²) in [5.41, 5.74) is 5.24. The Labute approximate surface area is 170 Å². The zero-order valence-corrected chi connectivity index (χ0v) is 18.0. The van der Waals surface area contributed by atoms with E-state index in [9.17, 15) is 14.4 Å². The summed E-state index contributed by atoms with van der Waals surface area (Å²) in [4.78, 5) is 41.4. The van der Waals surface area contributed by atoms with Gasteiger partial charge in [-0.15, -0.1) is 24.8 Å². The zero-order valence-electron chi connectivity index (χ0n) is 16.3. The molecule has 1 atom stereocenters. The van der Waals surface area contributed by atoms with Crippen LogP contribution in [0.25, 0.3) is 11.0 Å².